The van der Waals surface area contributed by atoms with E-state index in [2.05, 4.69) is 10.6 Å². The number of anilines is 2. The summed E-state index contributed by atoms with van der Waals surface area (Å²) in [6, 6.07) is 17.4. The number of benzene rings is 3. The van der Waals surface area contributed by atoms with Crippen LogP contribution >= 0.6 is 0 Å². The second kappa shape index (κ2) is 9.77. The van der Waals surface area contributed by atoms with Gasteiger partial charge in [-0.15, -0.1) is 0 Å². The number of hydrogen-bond donors (Lipinski definition) is 3. The van der Waals surface area contributed by atoms with Crippen molar-refractivity contribution in [3.8, 4) is 17.0 Å². The number of rotatable bonds is 6. The third kappa shape index (κ3) is 4.63. The number of nitrogens with zero attached hydrogens (tertiary/aromatic N) is 2. The molecule has 4 N–H and O–H groups in total. The van der Waals surface area contributed by atoms with E-state index >= 15 is 0 Å². The fraction of sp³-hybridized carbons (Fsp3) is 0.179. The van der Waals surface area contributed by atoms with Crippen molar-refractivity contribution in [1.82, 2.24) is 15.1 Å². The molecule has 2 amide bonds. The first-order valence-electron chi connectivity index (χ1n) is 11.8. The first kappa shape index (κ1) is 24.1. The Morgan fingerprint density at radius 1 is 1.16 bits per heavy atom. The molecule has 0 saturated carbocycles. The Kier molecular flexibility index (Phi) is 6.35. The topological polar surface area (TPSA) is 111 Å². The maximum atomic E-state index is 13.7. The lowest BCUT2D eigenvalue weighted by Crippen LogP contribution is -2.24. The molecule has 1 aliphatic rings. The smallest absolute Gasteiger partial charge is 0.255 e. The summed E-state index contributed by atoms with van der Waals surface area (Å²) in [4.78, 5) is 25.2. The summed E-state index contributed by atoms with van der Waals surface area (Å²) in [5.74, 6) is -0.666. The van der Waals surface area contributed by atoms with Gasteiger partial charge in [-0.05, 0) is 60.4 Å². The molecule has 0 saturated heterocycles. The SMILES string of the molecule is COc1ccc(F)cc1C(=O)NCc1ccc(-c2nn3c(c2C(N)=O)Nc2ccccc2CC3)cc1C. The molecule has 0 radical (unpaired) electrons. The van der Waals surface area contributed by atoms with Crippen molar-refractivity contribution in [2.75, 3.05) is 12.4 Å². The predicted molar refractivity (Wildman–Crippen MR) is 138 cm³/mol. The summed E-state index contributed by atoms with van der Waals surface area (Å²) >= 11 is 0. The van der Waals surface area contributed by atoms with E-state index in [1.165, 1.54) is 19.2 Å². The van der Waals surface area contributed by atoms with Crippen LogP contribution in [0.1, 0.15) is 37.4 Å². The van der Waals surface area contributed by atoms with Crippen LogP contribution in [0.3, 0.4) is 0 Å². The molecule has 0 aliphatic carbocycles. The predicted octanol–water partition coefficient (Wildman–Crippen LogP) is 4.33. The van der Waals surface area contributed by atoms with Crippen molar-refractivity contribution in [1.29, 1.82) is 0 Å². The zero-order chi connectivity index (χ0) is 26.1. The van der Waals surface area contributed by atoms with Gasteiger partial charge >= 0.3 is 0 Å². The number of ether oxygens (including phenoxy) is 1. The molecule has 0 atom stereocenters. The standard InChI is InChI=1S/C28H26FN5O3/c1-16-13-18(7-8-19(16)15-31-28(36)21-14-20(29)9-10-23(21)37-2)25-24(26(30)35)27-32-22-6-4-3-5-17(22)11-12-34(27)33-25/h3-10,13-14,32H,11-12,15H2,1-2H3,(H2,30,35)(H,31,36). The molecular weight excluding hydrogens is 473 g/mol. The van der Waals surface area contributed by atoms with Crippen molar-refractivity contribution < 1.29 is 18.7 Å². The summed E-state index contributed by atoms with van der Waals surface area (Å²) in [7, 11) is 1.43. The Labute approximate surface area is 213 Å². The summed E-state index contributed by atoms with van der Waals surface area (Å²) in [5, 5.41) is 10.9. The van der Waals surface area contributed by atoms with Gasteiger partial charge in [-0.3, -0.25) is 9.59 Å². The van der Waals surface area contributed by atoms with E-state index in [9.17, 15) is 14.0 Å². The maximum Gasteiger partial charge on any atom is 0.255 e. The van der Waals surface area contributed by atoms with Gasteiger partial charge in [0.2, 0.25) is 0 Å². The Hall–Kier alpha value is -4.66. The molecule has 2 heterocycles. The molecule has 0 unspecified atom stereocenters. The van der Waals surface area contributed by atoms with E-state index in [0.29, 0.717) is 29.4 Å². The van der Waals surface area contributed by atoms with Crippen LogP contribution in [0.2, 0.25) is 0 Å². The molecular formula is C28H26FN5O3. The number of primary amides is 1. The van der Waals surface area contributed by atoms with Crippen LogP contribution in [0, 0.1) is 12.7 Å². The van der Waals surface area contributed by atoms with Gasteiger partial charge in [-0.2, -0.15) is 5.10 Å². The lowest BCUT2D eigenvalue weighted by Gasteiger charge is -2.12. The molecule has 3 aromatic carbocycles. The number of hydrogen-bond acceptors (Lipinski definition) is 5. The molecule has 8 nitrogen and oxygen atoms in total. The van der Waals surface area contributed by atoms with Crippen molar-refractivity contribution in [2.24, 2.45) is 5.73 Å². The fourth-order valence-corrected chi connectivity index (χ4v) is 4.57. The van der Waals surface area contributed by atoms with Crippen molar-refractivity contribution in [3.63, 3.8) is 0 Å². The summed E-state index contributed by atoms with van der Waals surface area (Å²) in [6.07, 6.45) is 0.767. The Bertz CT molecular complexity index is 1530. The zero-order valence-corrected chi connectivity index (χ0v) is 20.5. The molecule has 0 bridgehead atoms. The van der Waals surface area contributed by atoms with E-state index in [4.69, 9.17) is 15.6 Å². The van der Waals surface area contributed by atoms with Crippen molar-refractivity contribution in [3.05, 3.63) is 94.3 Å². The van der Waals surface area contributed by atoms with Crippen LogP contribution < -0.4 is 21.1 Å². The number of para-hydroxylation sites is 1. The lowest BCUT2D eigenvalue weighted by molar-refractivity contribution is 0.0946. The molecule has 9 heteroatoms. The average molecular weight is 500 g/mol. The summed E-state index contributed by atoms with van der Waals surface area (Å²) < 4.78 is 20.6. The van der Waals surface area contributed by atoms with Crippen LogP contribution in [-0.2, 0) is 19.5 Å². The van der Waals surface area contributed by atoms with Gasteiger partial charge < -0.3 is 21.1 Å². The highest BCUT2D eigenvalue weighted by Gasteiger charge is 2.26. The minimum atomic E-state index is -0.568. The van der Waals surface area contributed by atoms with E-state index < -0.39 is 17.6 Å². The molecule has 188 valence electrons. The molecule has 1 aliphatic heterocycles. The van der Waals surface area contributed by atoms with Crippen LogP contribution in [0.15, 0.2) is 60.7 Å². The number of nitrogens with one attached hydrogen (secondary N) is 2. The highest BCUT2D eigenvalue weighted by Crippen LogP contribution is 2.34. The monoisotopic (exact) mass is 499 g/mol. The Morgan fingerprint density at radius 2 is 1.97 bits per heavy atom. The van der Waals surface area contributed by atoms with E-state index in [1.54, 1.807) is 4.68 Å². The van der Waals surface area contributed by atoms with Gasteiger partial charge in [0.05, 0.1) is 12.7 Å². The van der Waals surface area contributed by atoms with Gasteiger partial charge in [0.1, 0.15) is 28.6 Å². The fourth-order valence-electron chi connectivity index (χ4n) is 4.57. The lowest BCUT2D eigenvalue weighted by atomic mass is 10.0. The minimum Gasteiger partial charge on any atom is -0.496 e. The number of halogens is 1. The Balaban J connectivity index is 1.41. The second-order valence-corrected chi connectivity index (χ2v) is 8.86. The van der Waals surface area contributed by atoms with E-state index in [0.717, 1.165) is 40.4 Å². The van der Waals surface area contributed by atoms with Gasteiger partial charge in [0.25, 0.3) is 11.8 Å². The first-order chi connectivity index (χ1) is 17.9. The molecule has 37 heavy (non-hydrogen) atoms. The van der Waals surface area contributed by atoms with E-state index in [-0.39, 0.29) is 12.1 Å². The summed E-state index contributed by atoms with van der Waals surface area (Å²) in [6.45, 7) is 2.74. The number of carbonyl (C=O) groups excluding carboxylic acids is 2. The number of nitrogens with two attached hydrogens (primary N) is 1. The maximum absolute atomic E-state index is 13.7. The summed E-state index contributed by atoms with van der Waals surface area (Å²) in [5.41, 5.74) is 11.3. The van der Waals surface area contributed by atoms with Gasteiger partial charge in [0, 0.05) is 24.3 Å². The van der Waals surface area contributed by atoms with Gasteiger partial charge in [-0.25, -0.2) is 9.07 Å². The third-order valence-electron chi connectivity index (χ3n) is 6.52. The number of aromatic nitrogens is 2. The van der Waals surface area contributed by atoms with Crippen LogP contribution in [-0.4, -0.2) is 28.7 Å². The molecule has 1 aromatic heterocycles. The van der Waals surface area contributed by atoms with Gasteiger partial charge in [0.15, 0.2) is 0 Å². The number of methoxy groups -OCH3 is 1. The quantitative estimate of drug-likeness (QED) is 0.366. The normalized spacial score (nSPS) is 12.1. The number of aryl methyl sites for hydroxylation is 3. The van der Waals surface area contributed by atoms with Crippen LogP contribution in [0.25, 0.3) is 11.3 Å². The molecule has 4 aromatic rings. The Morgan fingerprint density at radius 3 is 2.73 bits per heavy atom. The van der Waals surface area contributed by atoms with E-state index in [1.807, 2.05) is 49.4 Å². The first-order valence-corrected chi connectivity index (χ1v) is 11.8. The third-order valence-corrected chi connectivity index (χ3v) is 6.52. The number of carbonyl (C=O) groups is 2. The van der Waals surface area contributed by atoms with Crippen molar-refractivity contribution in [2.45, 2.75) is 26.4 Å². The van der Waals surface area contributed by atoms with Gasteiger partial charge in [-0.1, -0.05) is 30.3 Å². The minimum absolute atomic E-state index is 0.122. The van der Waals surface area contributed by atoms with Crippen molar-refractivity contribution >= 4 is 23.3 Å². The largest absolute Gasteiger partial charge is 0.496 e. The zero-order valence-electron chi connectivity index (χ0n) is 20.5. The van der Waals surface area contributed by atoms with Crippen LogP contribution in [0.5, 0.6) is 5.75 Å². The highest BCUT2D eigenvalue weighted by atomic mass is 19.1. The second-order valence-electron chi connectivity index (χ2n) is 8.86. The number of fused-ring (bicyclic) bond motifs is 2. The molecule has 0 fully saturated rings. The highest BCUT2D eigenvalue weighted by molar-refractivity contribution is 6.04. The molecule has 5 rings (SSSR count). The molecule has 0 spiro atoms. The van der Waals surface area contributed by atoms with Crippen LogP contribution in [0.4, 0.5) is 15.9 Å². The average Bonchev–Trinajstić information content (AvgIpc) is 3.15. The number of amides is 2.